The van der Waals surface area contributed by atoms with Crippen LogP contribution in [0.25, 0.3) is 0 Å². The molecule has 0 bridgehead atoms. The van der Waals surface area contributed by atoms with Crippen molar-refractivity contribution in [2.45, 2.75) is 26.1 Å². The average Bonchev–Trinajstić information content (AvgIpc) is 2.53. The fourth-order valence-corrected chi connectivity index (χ4v) is 2.84. The number of benzene rings is 2. The summed E-state index contributed by atoms with van der Waals surface area (Å²) in [5.41, 5.74) is 4.18. The lowest BCUT2D eigenvalue weighted by Gasteiger charge is -2.16. The second kappa shape index (κ2) is 7.76. The summed E-state index contributed by atoms with van der Waals surface area (Å²) in [4.78, 5) is 0. The molecule has 0 aromatic heterocycles. The van der Waals surface area contributed by atoms with Gasteiger partial charge in [0.1, 0.15) is 5.75 Å². The number of hydrogen-bond donors (Lipinski definition) is 0. The van der Waals surface area contributed by atoms with Crippen molar-refractivity contribution in [1.29, 1.82) is 0 Å². The minimum absolute atomic E-state index is 0.423. The van der Waals surface area contributed by atoms with Crippen molar-refractivity contribution < 1.29 is 9.47 Å². The molecule has 4 heteroatoms. The molecule has 0 spiro atoms. The maximum absolute atomic E-state index is 6.35. The van der Waals surface area contributed by atoms with Crippen LogP contribution < -0.4 is 9.47 Å². The molecule has 0 N–H and O–H groups in total. The normalized spacial score (nSPS) is 10.5. The van der Waals surface area contributed by atoms with Crippen molar-refractivity contribution in [1.82, 2.24) is 0 Å². The Balaban J connectivity index is 2.46. The van der Waals surface area contributed by atoms with E-state index >= 15 is 0 Å². The molecular formula is C19H20Cl2O2. The monoisotopic (exact) mass is 350 g/mol. The van der Waals surface area contributed by atoms with E-state index in [1.54, 1.807) is 7.11 Å². The van der Waals surface area contributed by atoms with Gasteiger partial charge in [0.15, 0.2) is 11.5 Å². The van der Waals surface area contributed by atoms with Crippen molar-refractivity contribution in [2.24, 2.45) is 0 Å². The molecule has 0 aliphatic heterocycles. The maximum atomic E-state index is 6.35. The van der Waals surface area contributed by atoms with E-state index in [9.17, 15) is 0 Å². The van der Waals surface area contributed by atoms with E-state index in [1.807, 2.05) is 44.2 Å². The average molecular weight is 351 g/mol. The molecule has 23 heavy (non-hydrogen) atoms. The first-order valence-electron chi connectivity index (χ1n) is 7.31. The van der Waals surface area contributed by atoms with Gasteiger partial charge in [0.25, 0.3) is 0 Å². The third-order valence-corrected chi connectivity index (χ3v) is 4.25. The maximum Gasteiger partial charge on any atom is 0.172 e. The molecule has 2 nitrogen and oxygen atoms in total. The van der Waals surface area contributed by atoms with Crippen molar-refractivity contribution in [3.8, 4) is 17.2 Å². The summed E-state index contributed by atoms with van der Waals surface area (Å²) >= 11 is 12.3. The molecule has 0 fully saturated rings. The number of ether oxygens (including phenoxy) is 2. The first-order valence-corrected chi connectivity index (χ1v) is 8.22. The van der Waals surface area contributed by atoms with E-state index in [2.05, 4.69) is 6.58 Å². The number of methoxy groups -OCH3 is 1. The van der Waals surface area contributed by atoms with Crippen molar-refractivity contribution >= 4 is 23.2 Å². The topological polar surface area (TPSA) is 18.5 Å². The number of allylic oxidation sites excluding steroid dienone is 1. The fourth-order valence-electron chi connectivity index (χ4n) is 2.43. The number of rotatable bonds is 6. The van der Waals surface area contributed by atoms with Crippen LogP contribution in [0.1, 0.15) is 22.3 Å². The van der Waals surface area contributed by atoms with Crippen LogP contribution in [0.5, 0.6) is 17.2 Å². The minimum atomic E-state index is 0.423. The van der Waals surface area contributed by atoms with Gasteiger partial charge in [0, 0.05) is 5.88 Å². The Morgan fingerprint density at radius 1 is 1.09 bits per heavy atom. The molecule has 2 rings (SSSR count). The first kappa shape index (κ1) is 17.7. The van der Waals surface area contributed by atoms with Gasteiger partial charge in [-0.3, -0.25) is 0 Å². The summed E-state index contributed by atoms with van der Waals surface area (Å²) in [6.45, 7) is 7.77. The van der Waals surface area contributed by atoms with E-state index in [-0.39, 0.29) is 0 Å². The third-order valence-electron chi connectivity index (χ3n) is 3.64. The van der Waals surface area contributed by atoms with Gasteiger partial charge in [-0.1, -0.05) is 23.7 Å². The predicted molar refractivity (Wildman–Crippen MR) is 97.5 cm³/mol. The van der Waals surface area contributed by atoms with Crippen LogP contribution in [-0.4, -0.2) is 7.11 Å². The van der Waals surface area contributed by atoms with Gasteiger partial charge in [0.2, 0.25) is 0 Å². The summed E-state index contributed by atoms with van der Waals surface area (Å²) < 4.78 is 11.5. The molecule has 0 unspecified atom stereocenters. The van der Waals surface area contributed by atoms with Crippen LogP contribution in [0.15, 0.2) is 36.9 Å². The molecule has 0 saturated carbocycles. The number of hydrogen-bond acceptors (Lipinski definition) is 2. The van der Waals surface area contributed by atoms with Crippen LogP contribution in [0, 0.1) is 13.8 Å². The molecule has 0 radical (unpaired) electrons. The van der Waals surface area contributed by atoms with E-state index in [1.165, 1.54) is 0 Å². The highest BCUT2D eigenvalue weighted by Gasteiger charge is 2.14. The van der Waals surface area contributed by atoms with Crippen molar-refractivity contribution in [2.75, 3.05) is 7.11 Å². The Morgan fingerprint density at radius 2 is 1.83 bits per heavy atom. The number of alkyl halides is 1. The highest BCUT2D eigenvalue weighted by Crippen LogP contribution is 2.39. The Hall–Kier alpha value is -1.64. The van der Waals surface area contributed by atoms with Crippen LogP contribution in [0.3, 0.4) is 0 Å². The lowest BCUT2D eigenvalue weighted by atomic mass is 10.1. The Bertz CT molecular complexity index is 724. The SMILES string of the molecule is C=CCc1cc(Oc2c(C)cc(CCl)cc2OC)c(Cl)cc1C. The molecule has 0 saturated heterocycles. The van der Waals surface area contributed by atoms with Crippen molar-refractivity contribution in [3.63, 3.8) is 0 Å². The minimum Gasteiger partial charge on any atom is -0.493 e. The summed E-state index contributed by atoms with van der Waals surface area (Å²) in [6.07, 6.45) is 2.63. The van der Waals surface area contributed by atoms with Gasteiger partial charge in [0.05, 0.1) is 12.1 Å². The van der Waals surface area contributed by atoms with Crippen molar-refractivity contribution in [3.05, 3.63) is 64.2 Å². The molecular weight excluding hydrogens is 331 g/mol. The van der Waals surface area contributed by atoms with Gasteiger partial charge >= 0.3 is 0 Å². The molecule has 0 heterocycles. The molecule has 2 aromatic carbocycles. The summed E-state index contributed by atoms with van der Waals surface area (Å²) in [5.74, 6) is 2.32. The van der Waals surface area contributed by atoms with Crippen LogP contribution >= 0.6 is 23.2 Å². The van der Waals surface area contributed by atoms with Gasteiger partial charge in [-0.15, -0.1) is 18.2 Å². The second-order valence-corrected chi connectivity index (χ2v) is 6.06. The summed E-state index contributed by atoms with van der Waals surface area (Å²) in [7, 11) is 1.61. The zero-order valence-electron chi connectivity index (χ0n) is 13.6. The fraction of sp³-hybridized carbons (Fsp3) is 0.263. The highest BCUT2D eigenvalue weighted by atomic mass is 35.5. The zero-order valence-corrected chi connectivity index (χ0v) is 15.1. The van der Waals surface area contributed by atoms with E-state index < -0.39 is 0 Å². The number of halogens is 2. The predicted octanol–water partition coefficient (Wildman–Crippen LogP) is 6.23. The Morgan fingerprint density at radius 3 is 2.43 bits per heavy atom. The molecule has 122 valence electrons. The van der Waals surface area contributed by atoms with E-state index in [4.69, 9.17) is 32.7 Å². The lowest BCUT2D eigenvalue weighted by Crippen LogP contribution is -1.97. The molecule has 0 aliphatic carbocycles. The quantitative estimate of drug-likeness (QED) is 0.454. The first-order chi connectivity index (χ1) is 11.0. The second-order valence-electron chi connectivity index (χ2n) is 5.38. The summed E-state index contributed by atoms with van der Waals surface area (Å²) in [6, 6.07) is 7.72. The summed E-state index contributed by atoms with van der Waals surface area (Å²) in [5, 5.41) is 0.568. The Kier molecular flexibility index (Phi) is 5.97. The van der Waals surface area contributed by atoms with E-state index in [0.29, 0.717) is 28.2 Å². The van der Waals surface area contributed by atoms with Gasteiger partial charge in [-0.05, 0) is 60.7 Å². The van der Waals surface area contributed by atoms with Crippen LogP contribution in [0.2, 0.25) is 5.02 Å². The standard InChI is InChI=1S/C19H20Cl2O2/c1-5-6-15-10-17(16(21)8-12(15)2)23-19-13(3)7-14(11-20)9-18(19)22-4/h5,7-10H,1,6,11H2,2-4H3. The molecule has 0 aliphatic rings. The van der Waals surface area contributed by atoms with E-state index in [0.717, 1.165) is 28.7 Å². The lowest BCUT2D eigenvalue weighted by molar-refractivity contribution is 0.377. The smallest absolute Gasteiger partial charge is 0.172 e. The molecule has 0 atom stereocenters. The largest absolute Gasteiger partial charge is 0.493 e. The van der Waals surface area contributed by atoms with Crippen LogP contribution in [0.4, 0.5) is 0 Å². The molecule has 0 amide bonds. The van der Waals surface area contributed by atoms with Gasteiger partial charge < -0.3 is 9.47 Å². The molecule has 2 aromatic rings. The number of aryl methyl sites for hydroxylation is 2. The van der Waals surface area contributed by atoms with Crippen LogP contribution in [-0.2, 0) is 12.3 Å². The third kappa shape index (κ3) is 4.01. The van der Waals surface area contributed by atoms with Gasteiger partial charge in [-0.2, -0.15) is 0 Å². The highest BCUT2D eigenvalue weighted by molar-refractivity contribution is 6.32. The van der Waals surface area contributed by atoms with Gasteiger partial charge in [-0.25, -0.2) is 0 Å². The zero-order chi connectivity index (χ0) is 17.0. The Labute approximate surface area is 147 Å².